The second kappa shape index (κ2) is 9.87. The number of rotatable bonds is 6. The Hall–Kier alpha value is -3.50. The van der Waals surface area contributed by atoms with E-state index in [9.17, 15) is 31.5 Å². The summed E-state index contributed by atoms with van der Waals surface area (Å²) in [6.07, 6.45) is -4.52. The number of carbonyl (C=O) groups is 2. The quantitative estimate of drug-likeness (QED) is 0.394. The summed E-state index contributed by atoms with van der Waals surface area (Å²) in [7, 11) is 1.48. The predicted octanol–water partition coefficient (Wildman–Crippen LogP) is 5.91. The van der Waals surface area contributed by atoms with E-state index in [0.29, 0.717) is 24.1 Å². The molecule has 0 saturated carbocycles. The Balaban J connectivity index is 1.81. The van der Waals surface area contributed by atoms with Crippen LogP contribution < -0.4 is 10.6 Å². The molecule has 4 rings (SSSR count). The van der Waals surface area contributed by atoms with E-state index in [4.69, 9.17) is 16.3 Å². The van der Waals surface area contributed by atoms with E-state index in [2.05, 4.69) is 10.6 Å². The summed E-state index contributed by atoms with van der Waals surface area (Å²) in [5.41, 5.74) is -0.612. The van der Waals surface area contributed by atoms with Gasteiger partial charge in [0, 0.05) is 40.1 Å². The van der Waals surface area contributed by atoms with E-state index in [-0.39, 0.29) is 40.1 Å². The zero-order chi connectivity index (χ0) is 26.2. The molecule has 1 atom stereocenters. The molecule has 11 heteroatoms. The van der Waals surface area contributed by atoms with Crippen molar-refractivity contribution in [3.05, 3.63) is 98.6 Å². The Labute approximate surface area is 207 Å². The van der Waals surface area contributed by atoms with E-state index < -0.39 is 46.8 Å². The number of fused-ring (bicyclic) bond motifs is 1. The third kappa shape index (κ3) is 5.19. The molecule has 0 radical (unpaired) electrons. The highest BCUT2D eigenvalue weighted by Gasteiger charge is 2.35. The van der Waals surface area contributed by atoms with Crippen LogP contribution in [0.25, 0.3) is 0 Å². The maximum atomic E-state index is 14.0. The lowest BCUT2D eigenvalue weighted by molar-refractivity contribution is -0.137. The molecule has 1 aliphatic heterocycles. The SMILES string of the molecule is COCCc1cc(NC(=O)c2cc(F)cc(C(F)(F)F)c2)c2c(c1)C(=O)NC2c1cc(F)ccc1Cl. The molecule has 0 aromatic heterocycles. The second-order valence-corrected chi connectivity index (χ2v) is 8.51. The number of ether oxygens (including phenoxy) is 1. The van der Waals surface area contributed by atoms with E-state index in [1.807, 2.05) is 0 Å². The number of alkyl halides is 3. The molecule has 188 valence electrons. The standard InChI is InChI=1S/C25H18ClF5N2O3/c1-36-5-4-12-6-18-21(22(33-24(18)35)17-11-15(27)2-3-19(17)26)20(7-12)32-23(34)13-8-14(25(29,30)31)10-16(28)9-13/h2-3,6-11,22H,4-5H2,1H3,(H,32,34)(H,33,35). The maximum Gasteiger partial charge on any atom is 0.416 e. The van der Waals surface area contributed by atoms with Crippen molar-refractivity contribution in [1.29, 1.82) is 0 Å². The van der Waals surface area contributed by atoms with Crippen molar-refractivity contribution >= 4 is 29.1 Å². The lowest BCUT2D eigenvalue weighted by Crippen LogP contribution is -2.21. The molecular formula is C25H18ClF5N2O3. The molecule has 5 nitrogen and oxygen atoms in total. The Morgan fingerprint density at radius 3 is 2.53 bits per heavy atom. The first-order chi connectivity index (χ1) is 17.0. The highest BCUT2D eigenvalue weighted by atomic mass is 35.5. The predicted molar refractivity (Wildman–Crippen MR) is 122 cm³/mol. The highest BCUT2D eigenvalue weighted by molar-refractivity contribution is 6.31. The number of methoxy groups -OCH3 is 1. The van der Waals surface area contributed by atoms with E-state index in [0.717, 1.165) is 12.1 Å². The minimum atomic E-state index is -4.87. The van der Waals surface area contributed by atoms with Gasteiger partial charge in [0.2, 0.25) is 0 Å². The molecule has 1 heterocycles. The minimum absolute atomic E-state index is 0.0742. The Morgan fingerprint density at radius 2 is 1.83 bits per heavy atom. The van der Waals surface area contributed by atoms with Crippen molar-refractivity contribution in [2.45, 2.75) is 18.6 Å². The van der Waals surface area contributed by atoms with Crippen LogP contribution in [0.2, 0.25) is 5.02 Å². The number of nitrogens with one attached hydrogen (secondary N) is 2. The largest absolute Gasteiger partial charge is 0.416 e. The van der Waals surface area contributed by atoms with Crippen LogP contribution >= 0.6 is 11.6 Å². The zero-order valence-corrected chi connectivity index (χ0v) is 19.4. The molecule has 2 N–H and O–H groups in total. The van der Waals surface area contributed by atoms with Crippen LogP contribution in [0.3, 0.4) is 0 Å². The third-order valence-electron chi connectivity index (χ3n) is 5.65. The van der Waals surface area contributed by atoms with Crippen molar-refractivity contribution in [3.63, 3.8) is 0 Å². The van der Waals surface area contributed by atoms with Crippen molar-refractivity contribution in [3.8, 4) is 0 Å². The molecule has 0 spiro atoms. The van der Waals surface area contributed by atoms with Crippen LogP contribution in [0.15, 0.2) is 48.5 Å². The molecule has 36 heavy (non-hydrogen) atoms. The average molecular weight is 525 g/mol. The summed E-state index contributed by atoms with van der Waals surface area (Å²) in [4.78, 5) is 25.8. The second-order valence-electron chi connectivity index (χ2n) is 8.10. The number of hydrogen-bond donors (Lipinski definition) is 2. The van der Waals surface area contributed by atoms with Crippen molar-refractivity contribution in [2.75, 3.05) is 19.0 Å². The van der Waals surface area contributed by atoms with Gasteiger partial charge in [-0.3, -0.25) is 9.59 Å². The zero-order valence-electron chi connectivity index (χ0n) is 18.6. The third-order valence-corrected chi connectivity index (χ3v) is 5.99. The van der Waals surface area contributed by atoms with Gasteiger partial charge in [0.1, 0.15) is 11.6 Å². The summed E-state index contributed by atoms with van der Waals surface area (Å²) >= 11 is 6.25. The van der Waals surface area contributed by atoms with Crippen molar-refractivity contribution < 1.29 is 36.3 Å². The van der Waals surface area contributed by atoms with Gasteiger partial charge in [0.05, 0.1) is 18.2 Å². The van der Waals surface area contributed by atoms with Gasteiger partial charge < -0.3 is 15.4 Å². The van der Waals surface area contributed by atoms with Gasteiger partial charge >= 0.3 is 6.18 Å². The fourth-order valence-electron chi connectivity index (χ4n) is 4.01. The van der Waals surface area contributed by atoms with E-state index in [1.54, 1.807) is 6.07 Å². The number of amides is 2. The summed E-state index contributed by atoms with van der Waals surface area (Å²) in [5, 5.41) is 5.34. The van der Waals surface area contributed by atoms with Crippen LogP contribution in [0.1, 0.15) is 49.0 Å². The van der Waals surface area contributed by atoms with Crippen LogP contribution in [-0.4, -0.2) is 25.5 Å². The first-order valence-electron chi connectivity index (χ1n) is 10.6. The monoisotopic (exact) mass is 524 g/mol. The first-order valence-corrected chi connectivity index (χ1v) is 11.0. The van der Waals surface area contributed by atoms with Crippen molar-refractivity contribution in [1.82, 2.24) is 5.32 Å². The number of benzene rings is 3. The van der Waals surface area contributed by atoms with Gasteiger partial charge in [-0.25, -0.2) is 8.78 Å². The molecule has 0 saturated heterocycles. The average Bonchev–Trinajstić information content (AvgIpc) is 3.14. The molecule has 0 aliphatic carbocycles. The molecular weight excluding hydrogens is 507 g/mol. The normalized spacial score (nSPS) is 15.0. The summed E-state index contributed by atoms with van der Waals surface area (Å²) in [6.45, 7) is 0.284. The number of carbonyl (C=O) groups excluding carboxylic acids is 2. The highest BCUT2D eigenvalue weighted by Crippen LogP contribution is 2.40. The van der Waals surface area contributed by atoms with Crippen LogP contribution in [0, 0.1) is 11.6 Å². The Kier molecular flexibility index (Phi) is 7.01. The van der Waals surface area contributed by atoms with Gasteiger partial charge in [-0.05, 0) is 60.5 Å². The van der Waals surface area contributed by atoms with Gasteiger partial charge in [-0.1, -0.05) is 11.6 Å². The molecule has 3 aromatic carbocycles. The molecule has 0 bridgehead atoms. The van der Waals surface area contributed by atoms with Gasteiger partial charge in [-0.2, -0.15) is 13.2 Å². The van der Waals surface area contributed by atoms with Gasteiger partial charge in [0.15, 0.2) is 0 Å². The lowest BCUT2D eigenvalue weighted by atomic mass is 9.93. The molecule has 1 unspecified atom stereocenters. The van der Waals surface area contributed by atoms with Gasteiger partial charge in [-0.15, -0.1) is 0 Å². The Bertz CT molecular complexity index is 1360. The smallest absolute Gasteiger partial charge is 0.384 e. The van der Waals surface area contributed by atoms with E-state index >= 15 is 0 Å². The molecule has 3 aromatic rings. The number of halogens is 6. The maximum absolute atomic E-state index is 14.0. The van der Waals surface area contributed by atoms with Crippen LogP contribution in [0.4, 0.5) is 27.6 Å². The summed E-state index contributed by atoms with van der Waals surface area (Å²) in [5.74, 6) is -3.40. The summed E-state index contributed by atoms with van der Waals surface area (Å²) < 4.78 is 72.4. The first kappa shape index (κ1) is 25.6. The summed E-state index contributed by atoms with van der Waals surface area (Å²) in [6, 6.07) is 7.22. The lowest BCUT2D eigenvalue weighted by Gasteiger charge is -2.19. The van der Waals surface area contributed by atoms with E-state index in [1.165, 1.54) is 19.2 Å². The fraction of sp³-hybridized carbons (Fsp3) is 0.200. The van der Waals surface area contributed by atoms with Crippen molar-refractivity contribution in [2.24, 2.45) is 0 Å². The molecule has 1 aliphatic rings. The minimum Gasteiger partial charge on any atom is -0.384 e. The topological polar surface area (TPSA) is 67.4 Å². The van der Waals surface area contributed by atoms with Gasteiger partial charge in [0.25, 0.3) is 11.8 Å². The number of hydrogen-bond acceptors (Lipinski definition) is 3. The number of anilines is 1. The Morgan fingerprint density at radius 1 is 1.08 bits per heavy atom. The molecule has 0 fully saturated rings. The van der Waals surface area contributed by atoms with Crippen LogP contribution in [0.5, 0.6) is 0 Å². The fourth-order valence-corrected chi connectivity index (χ4v) is 4.24. The molecule has 2 amide bonds. The van der Waals surface area contributed by atoms with Crippen LogP contribution in [-0.2, 0) is 17.3 Å².